The zero-order chi connectivity index (χ0) is 35.4. The zero-order valence-electron chi connectivity index (χ0n) is 27.5. The van der Waals surface area contributed by atoms with Gasteiger partial charge in [0.05, 0.1) is 63.1 Å². The third kappa shape index (κ3) is 13.6. The minimum absolute atomic E-state index is 0.0215. The molecule has 0 aliphatic carbocycles. The van der Waals surface area contributed by atoms with E-state index >= 15 is 0 Å². The Hall–Kier alpha value is -4.25. The number of unbranched alkanes of at least 4 members (excludes halogenated alkanes) is 3. The van der Waals surface area contributed by atoms with Gasteiger partial charge in [0.15, 0.2) is 0 Å². The van der Waals surface area contributed by atoms with Crippen molar-refractivity contribution in [1.29, 1.82) is 0 Å². The Morgan fingerprint density at radius 3 is 2.02 bits per heavy atom. The van der Waals surface area contributed by atoms with Crippen molar-refractivity contribution < 1.29 is 62.4 Å². The van der Waals surface area contributed by atoms with Crippen LogP contribution in [-0.4, -0.2) is 117 Å². The average molecular weight is 692 g/mol. The molecular formula is C33H45N3O13. The molecule has 1 saturated heterocycles. The van der Waals surface area contributed by atoms with Gasteiger partial charge in [0, 0.05) is 32.3 Å². The number of fused-ring (bicyclic) bond motifs is 1. The molecule has 16 heteroatoms. The summed E-state index contributed by atoms with van der Waals surface area (Å²) in [6.07, 6.45) is 3.52. The first-order chi connectivity index (χ1) is 23.7. The van der Waals surface area contributed by atoms with Crippen molar-refractivity contribution in [2.75, 3.05) is 64.8 Å². The maximum absolute atomic E-state index is 13.2. The van der Waals surface area contributed by atoms with Crippen LogP contribution in [0, 0.1) is 0 Å². The van der Waals surface area contributed by atoms with Crippen LogP contribution in [0.25, 0.3) is 0 Å². The highest BCUT2D eigenvalue weighted by Gasteiger charge is 2.45. The largest absolute Gasteiger partial charge is 0.481 e. The van der Waals surface area contributed by atoms with E-state index in [2.05, 4.69) is 10.6 Å². The molecule has 0 spiro atoms. The van der Waals surface area contributed by atoms with E-state index in [4.69, 9.17) is 28.8 Å². The number of nitrogens with one attached hydrogen (secondary N) is 2. The van der Waals surface area contributed by atoms with Crippen LogP contribution in [0.15, 0.2) is 18.2 Å². The molecule has 1 atom stereocenters. The fourth-order valence-electron chi connectivity index (χ4n) is 5.09. The third-order valence-corrected chi connectivity index (χ3v) is 7.56. The maximum Gasteiger partial charge on any atom is 0.305 e. The molecule has 1 aromatic rings. The SMILES string of the molecule is O=C(O)CCCCC(=O)OCCOCCOCCOCCOCCCCCC(=O)Nc1cccc2c1C(=O)N(C1CCC(=O)NC1=O)C2=O. The minimum atomic E-state index is -1.08. The van der Waals surface area contributed by atoms with Gasteiger partial charge in [-0.25, -0.2) is 0 Å². The van der Waals surface area contributed by atoms with Crippen molar-refractivity contribution in [1.82, 2.24) is 10.2 Å². The standard InChI is InChI=1S/C33H45N3O13/c37-26(34-24-8-6-7-23-30(24)33(44)36(32(23)43)25-12-13-27(38)35-31(25)42)9-2-1-5-14-45-15-16-46-17-18-47-19-20-48-21-22-49-29(41)11-4-3-10-28(39)40/h6-8,25H,1-5,9-22H2,(H,34,37)(H,39,40)(H,35,38,42). The lowest BCUT2D eigenvalue weighted by Gasteiger charge is -2.27. The predicted molar refractivity (Wildman–Crippen MR) is 171 cm³/mol. The number of nitrogens with zero attached hydrogens (tertiary/aromatic N) is 1. The second-order valence-corrected chi connectivity index (χ2v) is 11.3. The number of anilines is 1. The van der Waals surface area contributed by atoms with Crippen molar-refractivity contribution in [3.63, 3.8) is 0 Å². The lowest BCUT2D eigenvalue weighted by atomic mass is 10.0. The molecule has 270 valence electrons. The van der Waals surface area contributed by atoms with Gasteiger partial charge in [-0.1, -0.05) is 12.5 Å². The van der Waals surface area contributed by atoms with Gasteiger partial charge in [-0.3, -0.25) is 43.8 Å². The summed E-state index contributed by atoms with van der Waals surface area (Å²) in [5.41, 5.74) is 0.349. The first-order valence-corrected chi connectivity index (χ1v) is 16.5. The van der Waals surface area contributed by atoms with Crippen LogP contribution < -0.4 is 10.6 Å². The summed E-state index contributed by atoms with van der Waals surface area (Å²) in [6, 6.07) is 3.49. The molecule has 0 bridgehead atoms. The van der Waals surface area contributed by atoms with E-state index in [-0.39, 0.29) is 74.0 Å². The predicted octanol–water partition coefficient (Wildman–Crippen LogP) is 1.84. The highest BCUT2D eigenvalue weighted by Crippen LogP contribution is 2.32. The normalized spacial score (nSPS) is 15.7. The number of esters is 1. The van der Waals surface area contributed by atoms with Gasteiger partial charge in [0.1, 0.15) is 12.6 Å². The number of carboxylic acids is 1. The zero-order valence-corrected chi connectivity index (χ0v) is 27.5. The molecule has 3 N–H and O–H groups in total. The van der Waals surface area contributed by atoms with Crippen LogP contribution in [0.4, 0.5) is 5.69 Å². The van der Waals surface area contributed by atoms with E-state index < -0.39 is 35.6 Å². The summed E-state index contributed by atoms with van der Waals surface area (Å²) >= 11 is 0. The number of carboxylic acid groups (broad SMARTS) is 1. The van der Waals surface area contributed by atoms with Crippen LogP contribution >= 0.6 is 0 Å². The molecule has 0 radical (unpaired) electrons. The highest BCUT2D eigenvalue weighted by molar-refractivity contribution is 6.26. The molecule has 1 aromatic carbocycles. The fraction of sp³-hybridized carbons (Fsp3) is 0.606. The molecule has 2 heterocycles. The van der Waals surface area contributed by atoms with Crippen LogP contribution in [0.1, 0.15) is 84.9 Å². The molecule has 0 saturated carbocycles. The van der Waals surface area contributed by atoms with Crippen LogP contribution in [0.3, 0.4) is 0 Å². The number of imide groups is 2. The second-order valence-electron chi connectivity index (χ2n) is 11.3. The van der Waals surface area contributed by atoms with Crippen LogP contribution in [0.2, 0.25) is 0 Å². The summed E-state index contributed by atoms with van der Waals surface area (Å²) in [4.78, 5) is 85.3. The molecule has 16 nitrogen and oxygen atoms in total. The van der Waals surface area contributed by atoms with E-state index in [1.807, 2.05) is 0 Å². The molecule has 2 aliphatic heterocycles. The van der Waals surface area contributed by atoms with Gasteiger partial charge in [-0.2, -0.15) is 0 Å². The second kappa shape index (κ2) is 21.7. The summed E-state index contributed by atoms with van der Waals surface area (Å²) in [5, 5.41) is 13.4. The van der Waals surface area contributed by atoms with Crippen LogP contribution in [-0.2, 0) is 47.7 Å². The first kappa shape index (κ1) is 39.2. The molecule has 0 aromatic heterocycles. The van der Waals surface area contributed by atoms with Gasteiger partial charge >= 0.3 is 11.9 Å². The Labute approximate surface area is 284 Å². The van der Waals surface area contributed by atoms with E-state index in [9.17, 15) is 33.6 Å². The smallest absolute Gasteiger partial charge is 0.305 e. The summed E-state index contributed by atoms with van der Waals surface area (Å²) in [7, 11) is 0. The number of piperidine rings is 1. The van der Waals surface area contributed by atoms with E-state index in [1.54, 1.807) is 6.07 Å². The molecule has 1 unspecified atom stereocenters. The lowest BCUT2D eigenvalue weighted by molar-refractivity contribution is -0.146. The summed E-state index contributed by atoms with van der Waals surface area (Å²) < 4.78 is 26.7. The highest BCUT2D eigenvalue weighted by atomic mass is 16.6. The van der Waals surface area contributed by atoms with E-state index in [0.717, 1.165) is 17.7 Å². The van der Waals surface area contributed by atoms with Crippen molar-refractivity contribution in [3.8, 4) is 0 Å². The van der Waals surface area contributed by atoms with Crippen LogP contribution in [0.5, 0.6) is 0 Å². The quantitative estimate of drug-likeness (QED) is 0.0760. The van der Waals surface area contributed by atoms with Gasteiger partial charge in [-0.05, 0) is 44.2 Å². The van der Waals surface area contributed by atoms with Gasteiger partial charge < -0.3 is 34.1 Å². The number of benzene rings is 1. The molecule has 5 amide bonds. The third-order valence-electron chi connectivity index (χ3n) is 7.56. The number of aliphatic carboxylic acids is 1. The minimum Gasteiger partial charge on any atom is -0.481 e. The number of hydrogen-bond donors (Lipinski definition) is 3. The Kier molecular flexibility index (Phi) is 17.3. The Morgan fingerprint density at radius 2 is 1.37 bits per heavy atom. The summed E-state index contributed by atoms with van der Waals surface area (Å²) in [6.45, 7) is 3.24. The van der Waals surface area contributed by atoms with E-state index in [0.29, 0.717) is 65.5 Å². The number of hydrogen-bond acceptors (Lipinski definition) is 12. The maximum atomic E-state index is 13.2. The average Bonchev–Trinajstić information content (AvgIpc) is 3.32. The molecule has 1 fully saturated rings. The summed E-state index contributed by atoms with van der Waals surface area (Å²) in [5.74, 6) is -4.02. The van der Waals surface area contributed by atoms with Crippen molar-refractivity contribution in [3.05, 3.63) is 29.3 Å². The number of ether oxygens (including phenoxy) is 5. The number of rotatable bonds is 25. The van der Waals surface area contributed by atoms with Gasteiger partial charge in [0.25, 0.3) is 11.8 Å². The Morgan fingerprint density at radius 1 is 0.755 bits per heavy atom. The Balaban J connectivity index is 1.14. The molecule has 49 heavy (non-hydrogen) atoms. The number of amides is 5. The van der Waals surface area contributed by atoms with Gasteiger partial charge in [0.2, 0.25) is 17.7 Å². The topological polar surface area (TPSA) is 213 Å². The number of carbonyl (C=O) groups is 7. The monoisotopic (exact) mass is 691 g/mol. The molecular weight excluding hydrogens is 646 g/mol. The van der Waals surface area contributed by atoms with Crippen molar-refractivity contribution in [2.24, 2.45) is 0 Å². The van der Waals surface area contributed by atoms with E-state index in [1.165, 1.54) is 12.1 Å². The first-order valence-electron chi connectivity index (χ1n) is 16.5. The Bertz CT molecular complexity index is 1320. The van der Waals surface area contributed by atoms with Crippen molar-refractivity contribution >= 4 is 47.2 Å². The lowest BCUT2D eigenvalue weighted by Crippen LogP contribution is -2.54. The fourth-order valence-corrected chi connectivity index (χ4v) is 5.09. The molecule has 3 rings (SSSR count). The van der Waals surface area contributed by atoms with Gasteiger partial charge in [-0.15, -0.1) is 0 Å². The number of carbonyl (C=O) groups excluding carboxylic acids is 6. The van der Waals surface area contributed by atoms with Crippen molar-refractivity contribution in [2.45, 2.75) is 70.3 Å². The molecule has 2 aliphatic rings.